The average molecular weight is 335 g/mol. The fourth-order valence-electron chi connectivity index (χ4n) is 2.13. The van der Waals surface area contributed by atoms with Gasteiger partial charge in [-0.05, 0) is 18.6 Å². The Labute approximate surface area is 139 Å². The summed E-state index contributed by atoms with van der Waals surface area (Å²) in [7, 11) is 1.62. The lowest BCUT2D eigenvalue weighted by Crippen LogP contribution is -2.01. The van der Waals surface area contributed by atoms with Gasteiger partial charge in [-0.1, -0.05) is 19.8 Å². The van der Waals surface area contributed by atoms with Gasteiger partial charge in [-0.25, -0.2) is 4.98 Å². The molecular weight excluding hydrogens is 314 g/mol. The SMILES string of the molecule is CCCCCOc1cc(OC)ccc1-c1nc(CC(=O)O)cs1. The first-order valence-electron chi connectivity index (χ1n) is 7.61. The minimum atomic E-state index is -0.882. The number of aliphatic carboxylic acids is 1. The molecule has 0 saturated carbocycles. The number of carboxylic acids is 1. The third-order valence-electron chi connectivity index (χ3n) is 3.31. The molecule has 0 spiro atoms. The van der Waals surface area contributed by atoms with E-state index >= 15 is 0 Å². The van der Waals surface area contributed by atoms with Crippen LogP contribution in [-0.2, 0) is 11.2 Å². The second-order valence-corrected chi connectivity index (χ2v) is 5.99. The van der Waals surface area contributed by atoms with E-state index in [2.05, 4.69) is 11.9 Å². The van der Waals surface area contributed by atoms with Crippen LogP contribution in [0.5, 0.6) is 11.5 Å². The van der Waals surface area contributed by atoms with Crippen molar-refractivity contribution in [2.24, 2.45) is 0 Å². The number of methoxy groups -OCH3 is 1. The van der Waals surface area contributed by atoms with E-state index in [0.29, 0.717) is 12.3 Å². The summed E-state index contributed by atoms with van der Waals surface area (Å²) in [6, 6.07) is 5.60. The molecule has 1 heterocycles. The molecule has 23 heavy (non-hydrogen) atoms. The standard InChI is InChI=1S/C17H21NO4S/c1-3-4-5-8-22-15-10-13(21-2)6-7-14(15)17-18-12(11-23-17)9-16(19)20/h6-7,10-11H,3-5,8-9H2,1-2H3,(H,19,20). The zero-order valence-electron chi connectivity index (χ0n) is 13.4. The van der Waals surface area contributed by atoms with Gasteiger partial charge in [-0.2, -0.15) is 0 Å². The van der Waals surface area contributed by atoms with Crippen molar-refractivity contribution in [3.8, 4) is 22.1 Å². The topological polar surface area (TPSA) is 68.7 Å². The molecule has 1 aromatic carbocycles. The van der Waals surface area contributed by atoms with Crippen LogP contribution in [0.15, 0.2) is 23.6 Å². The lowest BCUT2D eigenvalue weighted by molar-refractivity contribution is -0.136. The highest BCUT2D eigenvalue weighted by molar-refractivity contribution is 7.13. The van der Waals surface area contributed by atoms with E-state index in [0.717, 1.165) is 41.3 Å². The Hall–Kier alpha value is -2.08. The number of hydrogen-bond acceptors (Lipinski definition) is 5. The molecule has 1 N–H and O–H groups in total. The van der Waals surface area contributed by atoms with Gasteiger partial charge in [-0.3, -0.25) is 4.79 Å². The Balaban J connectivity index is 2.21. The first-order valence-corrected chi connectivity index (χ1v) is 8.49. The third-order valence-corrected chi connectivity index (χ3v) is 4.23. The fourth-order valence-corrected chi connectivity index (χ4v) is 2.98. The predicted molar refractivity (Wildman–Crippen MR) is 90.5 cm³/mol. The van der Waals surface area contributed by atoms with Crippen molar-refractivity contribution in [2.75, 3.05) is 13.7 Å². The van der Waals surface area contributed by atoms with Crippen LogP contribution < -0.4 is 9.47 Å². The van der Waals surface area contributed by atoms with E-state index in [4.69, 9.17) is 14.6 Å². The molecule has 0 atom stereocenters. The van der Waals surface area contributed by atoms with Crippen molar-refractivity contribution < 1.29 is 19.4 Å². The van der Waals surface area contributed by atoms with Crippen LogP contribution in [-0.4, -0.2) is 29.8 Å². The molecular formula is C17H21NO4S. The van der Waals surface area contributed by atoms with Crippen molar-refractivity contribution in [2.45, 2.75) is 32.6 Å². The number of carbonyl (C=O) groups is 1. The molecule has 1 aromatic heterocycles. The van der Waals surface area contributed by atoms with Crippen LogP contribution in [0, 0.1) is 0 Å². The fraction of sp³-hybridized carbons (Fsp3) is 0.412. The van der Waals surface area contributed by atoms with Crippen LogP contribution in [0.1, 0.15) is 31.9 Å². The maximum absolute atomic E-state index is 10.8. The summed E-state index contributed by atoms with van der Waals surface area (Å²) in [4.78, 5) is 15.2. The lowest BCUT2D eigenvalue weighted by atomic mass is 10.2. The molecule has 6 heteroatoms. The van der Waals surface area contributed by atoms with Crippen LogP contribution in [0.25, 0.3) is 10.6 Å². The van der Waals surface area contributed by atoms with E-state index in [1.165, 1.54) is 11.3 Å². The molecule has 0 saturated heterocycles. The number of benzene rings is 1. The summed E-state index contributed by atoms with van der Waals surface area (Å²) < 4.78 is 11.2. The van der Waals surface area contributed by atoms with E-state index < -0.39 is 5.97 Å². The molecule has 0 aliphatic rings. The normalized spacial score (nSPS) is 10.5. The number of hydrogen-bond donors (Lipinski definition) is 1. The van der Waals surface area contributed by atoms with Gasteiger partial charge in [-0.15, -0.1) is 11.3 Å². The number of unbranched alkanes of at least 4 members (excludes halogenated alkanes) is 2. The summed E-state index contributed by atoms with van der Waals surface area (Å²) in [5.41, 5.74) is 1.43. The van der Waals surface area contributed by atoms with E-state index in [9.17, 15) is 4.79 Å². The van der Waals surface area contributed by atoms with Crippen molar-refractivity contribution in [1.82, 2.24) is 4.98 Å². The number of rotatable bonds is 9. The minimum absolute atomic E-state index is 0.0701. The molecule has 0 aliphatic heterocycles. The smallest absolute Gasteiger partial charge is 0.309 e. The van der Waals surface area contributed by atoms with E-state index in [1.54, 1.807) is 12.5 Å². The van der Waals surface area contributed by atoms with Crippen LogP contribution in [0.3, 0.4) is 0 Å². The van der Waals surface area contributed by atoms with E-state index in [1.807, 2.05) is 18.2 Å². The number of nitrogens with zero attached hydrogens (tertiary/aromatic N) is 1. The predicted octanol–water partition coefficient (Wildman–Crippen LogP) is 4.01. The molecule has 124 valence electrons. The van der Waals surface area contributed by atoms with Crippen molar-refractivity contribution in [3.63, 3.8) is 0 Å². The molecule has 0 amide bonds. The molecule has 5 nitrogen and oxygen atoms in total. The maximum atomic E-state index is 10.8. The molecule has 0 radical (unpaired) electrons. The van der Waals surface area contributed by atoms with Gasteiger partial charge in [0.05, 0.1) is 31.4 Å². The first-order chi connectivity index (χ1) is 11.1. The van der Waals surface area contributed by atoms with Crippen molar-refractivity contribution in [3.05, 3.63) is 29.3 Å². The van der Waals surface area contributed by atoms with Crippen molar-refractivity contribution >= 4 is 17.3 Å². The monoisotopic (exact) mass is 335 g/mol. The summed E-state index contributed by atoms with van der Waals surface area (Å²) in [6.45, 7) is 2.79. The number of aromatic nitrogens is 1. The van der Waals surface area contributed by atoms with Gasteiger partial charge < -0.3 is 14.6 Å². The minimum Gasteiger partial charge on any atom is -0.497 e. The van der Waals surface area contributed by atoms with Gasteiger partial charge in [0.1, 0.15) is 16.5 Å². The quantitative estimate of drug-likeness (QED) is 0.701. The van der Waals surface area contributed by atoms with Crippen LogP contribution in [0.4, 0.5) is 0 Å². The Morgan fingerprint density at radius 1 is 1.35 bits per heavy atom. The number of thiazole rings is 1. The van der Waals surface area contributed by atoms with E-state index in [-0.39, 0.29) is 6.42 Å². The third kappa shape index (κ3) is 4.96. The highest BCUT2D eigenvalue weighted by Gasteiger charge is 2.13. The highest BCUT2D eigenvalue weighted by Crippen LogP contribution is 2.35. The highest BCUT2D eigenvalue weighted by atomic mass is 32.1. The zero-order chi connectivity index (χ0) is 16.7. The average Bonchev–Trinajstić information content (AvgIpc) is 2.98. The summed E-state index contributed by atoms with van der Waals surface area (Å²) >= 11 is 1.42. The van der Waals surface area contributed by atoms with Gasteiger partial charge >= 0.3 is 5.97 Å². The van der Waals surface area contributed by atoms with Gasteiger partial charge in [0, 0.05) is 11.4 Å². The second-order valence-electron chi connectivity index (χ2n) is 5.13. The Morgan fingerprint density at radius 3 is 2.87 bits per heavy atom. The summed E-state index contributed by atoms with van der Waals surface area (Å²) in [5.74, 6) is 0.561. The Morgan fingerprint density at radius 2 is 2.17 bits per heavy atom. The van der Waals surface area contributed by atoms with Crippen LogP contribution >= 0.6 is 11.3 Å². The molecule has 2 aromatic rings. The molecule has 0 fully saturated rings. The van der Waals surface area contributed by atoms with Crippen LogP contribution in [0.2, 0.25) is 0 Å². The molecule has 0 bridgehead atoms. The van der Waals surface area contributed by atoms with Gasteiger partial charge in [0.15, 0.2) is 0 Å². The maximum Gasteiger partial charge on any atom is 0.309 e. The molecule has 0 unspecified atom stereocenters. The summed E-state index contributed by atoms with van der Waals surface area (Å²) in [6.07, 6.45) is 3.19. The molecule has 0 aliphatic carbocycles. The molecule has 2 rings (SSSR count). The number of carboxylic acid groups (broad SMARTS) is 1. The number of ether oxygens (including phenoxy) is 2. The zero-order valence-corrected chi connectivity index (χ0v) is 14.2. The Kier molecular flexibility index (Phi) is 6.40. The van der Waals surface area contributed by atoms with Crippen molar-refractivity contribution in [1.29, 1.82) is 0 Å². The van der Waals surface area contributed by atoms with Gasteiger partial charge in [0.2, 0.25) is 0 Å². The Bertz CT molecular complexity index is 654. The first kappa shape index (κ1) is 17.3. The lowest BCUT2D eigenvalue weighted by Gasteiger charge is -2.11. The van der Waals surface area contributed by atoms with Gasteiger partial charge in [0.25, 0.3) is 0 Å². The summed E-state index contributed by atoms with van der Waals surface area (Å²) in [5, 5.41) is 11.4. The second kappa shape index (κ2) is 8.53. The largest absolute Gasteiger partial charge is 0.497 e.